The van der Waals surface area contributed by atoms with Crippen molar-refractivity contribution in [2.75, 3.05) is 5.73 Å². The van der Waals surface area contributed by atoms with Gasteiger partial charge in [-0.15, -0.1) is 0 Å². The number of carbonyl (C=O) groups is 1. The zero-order valence-corrected chi connectivity index (χ0v) is 11.4. The fourth-order valence-corrected chi connectivity index (χ4v) is 2.40. The van der Waals surface area contributed by atoms with Gasteiger partial charge in [-0.25, -0.2) is 4.39 Å². The summed E-state index contributed by atoms with van der Waals surface area (Å²) in [5, 5.41) is 0.403. The van der Waals surface area contributed by atoms with E-state index < -0.39 is 0 Å². The average molecular weight is 278 g/mol. The Hall–Kier alpha value is -1.87. The van der Waals surface area contributed by atoms with Crippen LogP contribution in [0.15, 0.2) is 30.3 Å². The van der Waals surface area contributed by atoms with Crippen molar-refractivity contribution in [3.05, 3.63) is 63.4 Å². The molecule has 98 valence electrons. The van der Waals surface area contributed by atoms with Crippen LogP contribution in [0.25, 0.3) is 0 Å². The summed E-state index contributed by atoms with van der Waals surface area (Å²) in [6.07, 6.45) is 0. The Morgan fingerprint density at radius 2 is 1.68 bits per heavy atom. The number of rotatable bonds is 2. The Morgan fingerprint density at radius 1 is 1.11 bits per heavy atom. The molecule has 0 amide bonds. The molecule has 0 heterocycles. The molecule has 0 atom stereocenters. The monoisotopic (exact) mass is 277 g/mol. The lowest BCUT2D eigenvalue weighted by Gasteiger charge is -2.10. The zero-order chi connectivity index (χ0) is 14.2. The van der Waals surface area contributed by atoms with Crippen LogP contribution in [0, 0.1) is 19.7 Å². The summed E-state index contributed by atoms with van der Waals surface area (Å²) in [5.74, 6) is -0.554. The molecular weight excluding hydrogens is 265 g/mol. The quantitative estimate of drug-likeness (QED) is 0.668. The highest BCUT2D eigenvalue weighted by Gasteiger charge is 2.16. The molecule has 0 aromatic heterocycles. The second-order valence-corrected chi connectivity index (χ2v) is 4.95. The number of ketones is 1. The van der Waals surface area contributed by atoms with E-state index in [1.165, 1.54) is 12.1 Å². The van der Waals surface area contributed by atoms with E-state index in [1.807, 2.05) is 0 Å². The van der Waals surface area contributed by atoms with E-state index in [0.717, 1.165) is 0 Å². The standard InChI is InChI=1S/C15H13ClFNO/c1-8-3-12(17)4-9(2)14(8)15(19)10-5-11(16)7-13(18)6-10/h3-7H,18H2,1-2H3. The number of aryl methyl sites for hydroxylation is 2. The number of hydrogen-bond donors (Lipinski definition) is 1. The number of anilines is 1. The number of carbonyl (C=O) groups excluding carboxylic acids is 1. The molecule has 0 saturated heterocycles. The van der Waals surface area contributed by atoms with Gasteiger partial charge in [-0.05, 0) is 55.3 Å². The minimum absolute atomic E-state index is 0.204. The lowest BCUT2D eigenvalue weighted by molar-refractivity contribution is 0.103. The van der Waals surface area contributed by atoms with Gasteiger partial charge >= 0.3 is 0 Å². The van der Waals surface area contributed by atoms with Gasteiger partial charge in [0.05, 0.1) is 0 Å². The van der Waals surface area contributed by atoms with Gasteiger partial charge in [0.1, 0.15) is 5.82 Å². The summed E-state index contributed by atoms with van der Waals surface area (Å²) in [7, 11) is 0. The van der Waals surface area contributed by atoms with Crippen LogP contribution >= 0.6 is 11.6 Å². The van der Waals surface area contributed by atoms with Crippen LogP contribution in [0.1, 0.15) is 27.0 Å². The normalized spacial score (nSPS) is 10.5. The molecule has 2 aromatic carbocycles. The maximum Gasteiger partial charge on any atom is 0.193 e. The highest BCUT2D eigenvalue weighted by atomic mass is 35.5. The lowest BCUT2D eigenvalue weighted by atomic mass is 9.94. The van der Waals surface area contributed by atoms with Gasteiger partial charge < -0.3 is 5.73 Å². The third-order valence-corrected chi connectivity index (χ3v) is 3.13. The van der Waals surface area contributed by atoms with E-state index >= 15 is 0 Å². The maximum atomic E-state index is 13.3. The Kier molecular flexibility index (Phi) is 3.58. The molecule has 0 unspecified atom stereocenters. The van der Waals surface area contributed by atoms with Crippen LogP contribution in [-0.2, 0) is 0 Å². The Balaban J connectivity index is 2.56. The third-order valence-electron chi connectivity index (χ3n) is 2.91. The predicted molar refractivity (Wildman–Crippen MR) is 75.2 cm³/mol. The molecule has 0 aliphatic heterocycles. The number of nitrogens with two attached hydrogens (primary N) is 1. The highest BCUT2D eigenvalue weighted by Crippen LogP contribution is 2.23. The largest absolute Gasteiger partial charge is 0.399 e. The van der Waals surface area contributed by atoms with Crippen LogP contribution in [0.5, 0.6) is 0 Å². The number of nitrogen functional groups attached to an aromatic ring is 1. The van der Waals surface area contributed by atoms with Gasteiger partial charge in [0, 0.05) is 21.8 Å². The first-order valence-electron chi connectivity index (χ1n) is 5.76. The SMILES string of the molecule is Cc1cc(F)cc(C)c1C(=O)c1cc(N)cc(Cl)c1. The second-order valence-electron chi connectivity index (χ2n) is 4.52. The summed E-state index contributed by atoms with van der Waals surface area (Å²) in [6, 6.07) is 7.38. The minimum atomic E-state index is -0.350. The van der Waals surface area contributed by atoms with Crippen LogP contribution < -0.4 is 5.73 Å². The molecule has 19 heavy (non-hydrogen) atoms. The number of halogens is 2. The Morgan fingerprint density at radius 3 is 2.21 bits per heavy atom. The first-order valence-corrected chi connectivity index (χ1v) is 6.14. The molecule has 4 heteroatoms. The zero-order valence-electron chi connectivity index (χ0n) is 10.6. The molecule has 2 rings (SSSR count). The van der Waals surface area contributed by atoms with Crippen LogP contribution in [0.3, 0.4) is 0 Å². The molecule has 0 radical (unpaired) electrons. The maximum absolute atomic E-state index is 13.3. The van der Waals surface area contributed by atoms with Gasteiger partial charge in [0.2, 0.25) is 0 Å². The van der Waals surface area contributed by atoms with Crippen molar-refractivity contribution in [1.82, 2.24) is 0 Å². The molecule has 0 saturated carbocycles. The molecule has 0 fully saturated rings. The molecule has 2 N–H and O–H groups in total. The van der Waals surface area contributed by atoms with Gasteiger partial charge in [0.15, 0.2) is 5.78 Å². The third kappa shape index (κ3) is 2.76. The molecule has 0 aliphatic carbocycles. The summed E-state index contributed by atoms with van der Waals surface area (Å²) in [5.41, 5.74) is 8.19. The van der Waals surface area contributed by atoms with E-state index in [2.05, 4.69) is 0 Å². The van der Waals surface area contributed by atoms with Crippen molar-refractivity contribution < 1.29 is 9.18 Å². The van der Waals surface area contributed by atoms with Crippen molar-refractivity contribution in [1.29, 1.82) is 0 Å². The van der Waals surface area contributed by atoms with Gasteiger partial charge in [0.25, 0.3) is 0 Å². The van der Waals surface area contributed by atoms with Crippen LogP contribution in [0.2, 0.25) is 5.02 Å². The van der Waals surface area contributed by atoms with Gasteiger partial charge in [-0.2, -0.15) is 0 Å². The van der Waals surface area contributed by atoms with Gasteiger partial charge in [-0.1, -0.05) is 11.6 Å². The van der Waals surface area contributed by atoms with Crippen molar-refractivity contribution in [2.24, 2.45) is 0 Å². The predicted octanol–water partition coefficient (Wildman–Crippen LogP) is 3.91. The second kappa shape index (κ2) is 5.02. The molecule has 0 bridgehead atoms. The van der Waals surface area contributed by atoms with Gasteiger partial charge in [-0.3, -0.25) is 4.79 Å². The molecular formula is C15H13ClFNO. The topological polar surface area (TPSA) is 43.1 Å². The van der Waals surface area contributed by atoms with E-state index in [4.69, 9.17) is 17.3 Å². The van der Waals surface area contributed by atoms with Crippen LogP contribution in [0.4, 0.5) is 10.1 Å². The molecule has 0 spiro atoms. The summed E-state index contributed by atoms with van der Waals surface area (Å²) in [6.45, 7) is 3.41. The van der Waals surface area contributed by atoms with E-state index in [1.54, 1.807) is 32.0 Å². The van der Waals surface area contributed by atoms with Crippen molar-refractivity contribution in [3.63, 3.8) is 0 Å². The molecule has 2 nitrogen and oxygen atoms in total. The average Bonchev–Trinajstić information content (AvgIpc) is 2.25. The van der Waals surface area contributed by atoms with E-state index in [-0.39, 0.29) is 11.6 Å². The van der Waals surface area contributed by atoms with Crippen molar-refractivity contribution in [3.8, 4) is 0 Å². The minimum Gasteiger partial charge on any atom is -0.399 e. The summed E-state index contributed by atoms with van der Waals surface area (Å²) >= 11 is 5.89. The Bertz CT molecular complexity index is 624. The summed E-state index contributed by atoms with van der Waals surface area (Å²) in [4.78, 5) is 12.5. The lowest BCUT2D eigenvalue weighted by Crippen LogP contribution is -2.07. The van der Waals surface area contributed by atoms with Crippen molar-refractivity contribution >= 4 is 23.1 Å². The van der Waals surface area contributed by atoms with Crippen molar-refractivity contribution in [2.45, 2.75) is 13.8 Å². The summed E-state index contributed by atoms with van der Waals surface area (Å²) < 4.78 is 13.3. The fourth-order valence-electron chi connectivity index (χ4n) is 2.16. The smallest absolute Gasteiger partial charge is 0.193 e. The Labute approximate surface area is 116 Å². The molecule has 2 aromatic rings. The molecule has 0 aliphatic rings. The fraction of sp³-hybridized carbons (Fsp3) is 0.133. The van der Waals surface area contributed by atoms with E-state index in [0.29, 0.717) is 33.0 Å². The number of benzene rings is 2. The number of hydrogen-bond acceptors (Lipinski definition) is 2. The highest BCUT2D eigenvalue weighted by molar-refractivity contribution is 6.31. The first-order chi connectivity index (χ1) is 8.88. The first kappa shape index (κ1) is 13.6. The van der Waals surface area contributed by atoms with Crippen LogP contribution in [-0.4, -0.2) is 5.78 Å². The van der Waals surface area contributed by atoms with E-state index in [9.17, 15) is 9.18 Å².